The van der Waals surface area contributed by atoms with Crippen LogP contribution in [0.15, 0.2) is 35.5 Å². The zero-order chi connectivity index (χ0) is 13.1. The van der Waals surface area contributed by atoms with Crippen LogP contribution in [0.2, 0.25) is 0 Å². The van der Waals surface area contributed by atoms with Gasteiger partial charge in [0, 0.05) is 6.07 Å². The van der Waals surface area contributed by atoms with Crippen LogP contribution in [-0.4, -0.2) is 12.6 Å². The topological polar surface area (TPSA) is 78.3 Å². The van der Waals surface area contributed by atoms with E-state index in [2.05, 4.69) is 5.10 Å². The number of fused-ring (bicyclic) bond motifs is 1. The van der Waals surface area contributed by atoms with Gasteiger partial charge >= 0.3 is 0 Å². The Labute approximate surface area is 105 Å². The fourth-order valence-electron chi connectivity index (χ4n) is 1.68. The number of nitrogens with zero attached hydrogens (tertiary/aromatic N) is 2. The molecule has 0 spiro atoms. The average molecular weight is 248 g/mol. The third-order valence-corrected chi connectivity index (χ3v) is 2.56. The first kappa shape index (κ1) is 12.6. The number of benzene rings is 1. The summed E-state index contributed by atoms with van der Waals surface area (Å²) in [6, 6.07) is 5.48. The van der Waals surface area contributed by atoms with Gasteiger partial charge in [-0.1, -0.05) is 18.2 Å². The molecule has 1 aliphatic rings. The molecular formula is C12H16N4O2. The number of rotatable bonds is 3. The Balaban J connectivity index is 2.32. The maximum atomic E-state index is 11.8. The number of nitrogens with one attached hydrogen (secondary N) is 1. The van der Waals surface area contributed by atoms with Crippen molar-refractivity contribution in [1.82, 2.24) is 0 Å². The molecule has 1 atom stereocenters. The van der Waals surface area contributed by atoms with Crippen LogP contribution in [-0.2, 0) is 4.84 Å². The molecule has 0 amide bonds. The smallest absolute Gasteiger partial charge is 0.280 e. The summed E-state index contributed by atoms with van der Waals surface area (Å²) in [5.74, 6) is 0.0563. The number of quaternary nitrogens is 1. The number of hydroxylamine groups is 1. The molecule has 6 heteroatoms. The predicted molar refractivity (Wildman–Crippen MR) is 70.0 cm³/mol. The number of nitrogens with two attached hydrogens (primary N) is 1. The molecule has 18 heavy (non-hydrogen) atoms. The Kier molecular flexibility index (Phi) is 3.61. The molecule has 1 heterocycles. The van der Waals surface area contributed by atoms with Crippen LogP contribution in [0.3, 0.4) is 0 Å². The second-order valence-corrected chi connectivity index (χ2v) is 3.95. The molecule has 1 aliphatic heterocycles. The molecule has 1 unspecified atom stereocenters. The first-order valence-electron chi connectivity index (χ1n) is 5.67. The molecule has 0 aromatic heterocycles. The Morgan fingerprint density at radius 3 is 3.06 bits per heavy atom. The van der Waals surface area contributed by atoms with Gasteiger partial charge in [-0.05, 0) is 30.6 Å². The van der Waals surface area contributed by atoms with Crippen molar-refractivity contribution < 1.29 is 10.0 Å². The van der Waals surface area contributed by atoms with Crippen LogP contribution in [0.1, 0.15) is 12.5 Å². The molecule has 1 aromatic rings. The van der Waals surface area contributed by atoms with Gasteiger partial charge in [-0.25, -0.2) is 5.17 Å². The van der Waals surface area contributed by atoms with Gasteiger partial charge in [-0.2, -0.15) is 5.06 Å². The van der Waals surface area contributed by atoms with E-state index < -0.39 is 0 Å². The number of guanidine groups is 1. The van der Waals surface area contributed by atoms with Gasteiger partial charge in [0.15, 0.2) is 5.69 Å². The molecule has 3 N–H and O–H groups in total. The van der Waals surface area contributed by atoms with Gasteiger partial charge in [0.2, 0.25) is 0 Å². The number of aryl methyl sites for hydroxylation is 1. The summed E-state index contributed by atoms with van der Waals surface area (Å²) in [4.78, 5) is 5.49. The molecule has 0 bridgehead atoms. The normalized spacial score (nSPS) is 18.9. The minimum Gasteiger partial charge on any atom is -0.601 e. The molecule has 0 saturated heterocycles. The third-order valence-electron chi connectivity index (χ3n) is 2.56. The van der Waals surface area contributed by atoms with Crippen LogP contribution in [0.25, 0.3) is 0 Å². The van der Waals surface area contributed by atoms with Crippen LogP contribution in [0.5, 0.6) is 0 Å². The SMILES string of the molecule is C/C=C/CON1C(N)=N[NH+]([O-])c2cc(C)ccc21. The molecule has 1 aromatic carbocycles. The van der Waals surface area contributed by atoms with E-state index in [-0.39, 0.29) is 11.1 Å². The highest BCUT2D eigenvalue weighted by Crippen LogP contribution is 2.26. The van der Waals surface area contributed by atoms with Crippen molar-refractivity contribution >= 4 is 17.3 Å². The summed E-state index contributed by atoms with van der Waals surface area (Å²) in [7, 11) is 0. The van der Waals surface area contributed by atoms with Gasteiger partial charge in [-0.3, -0.25) is 4.84 Å². The van der Waals surface area contributed by atoms with Gasteiger partial charge < -0.3 is 10.9 Å². The molecule has 0 fully saturated rings. The highest BCUT2D eigenvalue weighted by molar-refractivity contribution is 5.95. The van der Waals surface area contributed by atoms with E-state index in [9.17, 15) is 5.21 Å². The molecule has 0 saturated carbocycles. The molecular weight excluding hydrogens is 232 g/mol. The fourth-order valence-corrected chi connectivity index (χ4v) is 1.68. The van der Waals surface area contributed by atoms with E-state index in [1.807, 2.05) is 32.1 Å². The minimum atomic E-state index is -0.336. The average Bonchev–Trinajstić information content (AvgIpc) is 2.34. The van der Waals surface area contributed by atoms with E-state index >= 15 is 0 Å². The van der Waals surface area contributed by atoms with Crippen molar-refractivity contribution in [3.8, 4) is 0 Å². The van der Waals surface area contributed by atoms with Crippen molar-refractivity contribution in [3.05, 3.63) is 41.1 Å². The Bertz CT molecular complexity index is 499. The van der Waals surface area contributed by atoms with Crippen LogP contribution in [0.4, 0.5) is 11.4 Å². The van der Waals surface area contributed by atoms with Gasteiger partial charge in [0.05, 0.1) is 6.61 Å². The monoisotopic (exact) mass is 248 g/mol. The zero-order valence-corrected chi connectivity index (χ0v) is 10.4. The standard InChI is InChI=1S/C12H16N4O2/c1-3-4-7-18-15-10-6-5-9(2)8-11(10)16(17)14-12(15)13/h3-6,8,16H,7H2,1-2H3,(H2,13,14)/b4-3+. The first-order valence-corrected chi connectivity index (χ1v) is 5.67. The highest BCUT2D eigenvalue weighted by atomic mass is 16.7. The van der Waals surface area contributed by atoms with Crippen molar-refractivity contribution in [1.29, 1.82) is 0 Å². The summed E-state index contributed by atoms with van der Waals surface area (Å²) >= 11 is 0. The van der Waals surface area contributed by atoms with E-state index in [0.717, 1.165) is 5.56 Å². The van der Waals surface area contributed by atoms with Gasteiger partial charge in [0.25, 0.3) is 5.96 Å². The first-order chi connectivity index (χ1) is 8.63. The van der Waals surface area contributed by atoms with Crippen LogP contribution >= 0.6 is 0 Å². The Hall–Kier alpha value is -1.89. The van der Waals surface area contributed by atoms with E-state index in [1.165, 1.54) is 5.06 Å². The minimum absolute atomic E-state index is 0.0563. The number of allylic oxidation sites excluding steroid dienone is 1. The maximum Gasteiger partial charge on any atom is 0.280 e. The Morgan fingerprint density at radius 1 is 1.56 bits per heavy atom. The number of hydrogen-bond donors (Lipinski definition) is 2. The number of hydrogen-bond acceptors (Lipinski definition) is 5. The number of anilines is 1. The summed E-state index contributed by atoms with van der Waals surface area (Å²) in [6.45, 7) is 4.19. The third kappa shape index (κ3) is 2.35. The van der Waals surface area contributed by atoms with E-state index in [1.54, 1.807) is 12.1 Å². The summed E-state index contributed by atoms with van der Waals surface area (Å²) in [6.07, 6.45) is 3.72. The Morgan fingerprint density at radius 2 is 2.33 bits per heavy atom. The largest absolute Gasteiger partial charge is 0.601 e. The second-order valence-electron chi connectivity index (χ2n) is 3.95. The van der Waals surface area contributed by atoms with Crippen molar-refractivity contribution in [2.45, 2.75) is 13.8 Å². The lowest BCUT2D eigenvalue weighted by atomic mass is 10.2. The lowest BCUT2D eigenvalue weighted by molar-refractivity contribution is -0.784. The van der Waals surface area contributed by atoms with Gasteiger partial charge in [-0.15, -0.1) is 0 Å². The van der Waals surface area contributed by atoms with Crippen molar-refractivity contribution in [2.75, 3.05) is 11.7 Å². The summed E-state index contributed by atoms with van der Waals surface area (Å²) < 4.78 is 0. The maximum absolute atomic E-state index is 11.8. The molecule has 6 nitrogen and oxygen atoms in total. The molecule has 96 valence electrons. The quantitative estimate of drug-likeness (QED) is 0.605. The second kappa shape index (κ2) is 5.18. The summed E-state index contributed by atoms with van der Waals surface area (Å²) in [5.41, 5.74) is 7.83. The van der Waals surface area contributed by atoms with Crippen molar-refractivity contribution in [2.24, 2.45) is 10.8 Å². The fraction of sp³-hybridized carbons (Fsp3) is 0.250. The van der Waals surface area contributed by atoms with E-state index in [0.29, 0.717) is 18.0 Å². The van der Waals surface area contributed by atoms with E-state index in [4.69, 9.17) is 10.6 Å². The van der Waals surface area contributed by atoms with Crippen LogP contribution < -0.4 is 16.0 Å². The van der Waals surface area contributed by atoms with Crippen molar-refractivity contribution in [3.63, 3.8) is 0 Å². The molecule has 0 aliphatic carbocycles. The lowest BCUT2D eigenvalue weighted by Crippen LogP contribution is -2.98. The highest BCUT2D eigenvalue weighted by Gasteiger charge is 2.26. The van der Waals surface area contributed by atoms with Gasteiger partial charge in [0.1, 0.15) is 5.69 Å². The zero-order valence-electron chi connectivity index (χ0n) is 10.4. The summed E-state index contributed by atoms with van der Waals surface area (Å²) in [5, 5.41) is 16.6. The molecule has 0 radical (unpaired) electrons. The predicted octanol–water partition coefficient (Wildman–Crippen LogP) is 0.567. The lowest BCUT2D eigenvalue weighted by Gasteiger charge is -2.30. The van der Waals surface area contributed by atoms with Crippen LogP contribution in [0, 0.1) is 12.1 Å². The molecule has 2 rings (SSSR count).